The van der Waals surface area contributed by atoms with Gasteiger partial charge in [0.1, 0.15) is 0 Å². The van der Waals surface area contributed by atoms with Gasteiger partial charge < -0.3 is 9.47 Å². The molecule has 2 aromatic heterocycles. The molecule has 0 unspecified atom stereocenters. The molecular weight excluding hydrogens is 400 g/mol. The molecule has 0 aliphatic carbocycles. The number of rotatable bonds is 8. The smallest absolute Gasteiger partial charge is 0.254 e. The summed E-state index contributed by atoms with van der Waals surface area (Å²) in [6.45, 7) is 0.653. The Labute approximate surface area is 187 Å². The number of H-pyrrole nitrogens is 1. The standard InChI is InChI=1S/C26H28N4O2/c1-29(26(32)22-18-25(31)30(2)24-15-9-8-14-21(22)24)16-10-4-7-13-20-17-23(28-27-20)19-11-5-3-6-12-19/h3,5-6,8-9,11-12,14-15,17-18H,4,7,10,13,16H2,1-2H3,(H,27,28). The summed E-state index contributed by atoms with van der Waals surface area (Å²) >= 11 is 0. The van der Waals surface area contributed by atoms with E-state index < -0.39 is 0 Å². The largest absolute Gasteiger partial charge is 0.342 e. The molecule has 0 bridgehead atoms. The second-order valence-electron chi connectivity index (χ2n) is 8.15. The average Bonchev–Trinajstić information content (AvgIpc) is 3.30. The van der Waals surface area contributed by atoms with E-state index in [0.29, 0.717) is 12.1 Å². The fourth-order valence-electron chi connectivity index (χ4n) is 3.98. The number of carbonyl (C=O) groups is 1. The molecular formula is C26H28N4O2. The van der Waals surface area contributed by atoms with Crippen LogP contribution < -0.4 is 5.56 Å². The van der Waals surface area contributed by atoms with Crippen molar-refractivity contribution in [3.63, 3.8) is 0 Å². The van der Waals surface area contributed by atoms with E-state index in [1.165, 1.54) is 6.07 Å². The number of fused-ring (bicyclic) bond motifs is 1. The first kappa shape index (κ1) is 21.6. The monoisotopic (exact) mass is 428 g/mol. The van der Waals surface area contributed by atoms with Crippen LogP contribution in [0.2, 0.25) is 0 Å². The van der Waals surface area contributed by atoms with Gasteiger partial charge in [0.2, 0.25) is 0 Å². The highest BCUT2D eigenvalue weighted by atomic mass is 16.2. The summed E-state index contributed by atoms with van der Waals surface area (Å²) in [5.41, 5.74) is 4.27. The molecule has 0 saturated heterocycles. The highest BCUT2D eigenvalue weighted by molar-refractivity contribution is 6.06. The third kappa shape index (κ3) is 4.64. The summed E-state index contributed by atoms with van der Waals surface area (Å²) in [5.74, 6) is -0.111. The van der Waals surface area contributed by atoms with Crippen molar-refractivity contribution in [3.8, 4) is 11.3 Å². The summed E-state index contributed by atoms with van der Waals surface area (Å²) in [4.78, 5) is 27.0. The Hall–Kier alpha value is -3.67. The topological polar surface area (TPSA) is 71.0 Å². The van der Waals surface area contributed by atoms with Gasteiger partial charge in [0, 0.05) is 43.4 Å². The minimum Gasteiger partial charge on any atom is -0.342 e. The first-order valence-electron chi connectivity index (χ1n) is 11.0. The lowest BCUT2D eigenvalue weighted by molar-refractivity contribution is 0.0794. The van der Waals surface area contributed by atoms with Gasteiger partial charge in [-0.05, 0) is 31.4 Å². The van der Waals surface area contributed by atoms with E-state index in [9.17, 15) is 9.59 Å². The van der Waals surface area contributed by atoms with Crippen LogP contribution in [0.5, 0.6) is 0 Å². The molecule has 0 spiro atoms. The zero-order chi connectivity index (χ0) is 22.5. The number of pyridine rings is 1. The van der Waals surface area contributed by atoms with Gasteiger partial charge in [-0.2, -0.15) is 5.10 Å². The van der Waals surface area contributed by atoms with E-state index in [-0.39, 0.29) is 11.5 Å². The van der Waals surface area contributed by atoms with Crippen LogP contribution in [0, 0.1) is 0 Å². The third-order valence-corrected chi connectivity index (χ3v) is 5.87. The number of carbonyl (C=O) groups excluding carboxylic acids is 1. The van der Waals surface area contributed by atoms with Gasteiger partial charge in [-0.15, -0.1) is 0 Å². The summed E-state index contributed by atoms with van der Waals surface area (Å²) in [5, 5.41) is 8.33. The Kier molecular flexibility index (Phi) is 6.50. The van der Waals surface area contributed by atoms with E-state index in [1.54, 1.807) is 23.6 Å². The van der Waals surface area contributed by atoms with Crippen LogP contribution in [0.4, 0.5) is 0 Å². The van der Waals surface area contributed by atoms with E-state index >= 15 is 0 Å². The first-order chi connectivity index (χ1) is 15.5. The SMILES string of the molecule is CN(CCCCCc1cc(-c2ccccc2)n[nH]1)C(=O)c1cc(=O)n(C)c2ccccc12. The number of hydrogen-bond donors (Lipinski definition) is 1. The summed E-state index contributed by atoms with van der Waals surface area (Å²) in [7, 11) is 3.53. The summed E-state index contributed by atoms with van der Waals surface area (Å²) in [6.07, 6.45) is 3.86. The van der Waals surface area contributed by atoms with E-state index in [1.807, 2.05) is 42.5 Å². The number of para-hydroxylation sites is 1. The summed E-state index contributed by atoms with van der Waals surface area (Å²) < 4.78 is 1.57. The van der Waals surface area contributed by atoms with Gasteiger partial charge in [-0.3, -0.25) is 14.7 Å². The molecule has 0 aliphatic rings. The quantitative estimate of drug-likeness (QED) is 0.423. The van der Waals surface area contributed by atoms with Gasteiger partial charge in [0.25, 0.3) is 11.5 Å². The maximum atomic E-state index is 13.0. The Bertz CT molecular complexity index is 1270. The van der Waals surface area contributed by atoms with Gasteiger partial charge >= 0.3 is 0 Å². The molecule has 0 radical (unpaired) electrons. The predicted octanol–water partition coefficient (Wildman–Crippen LogP) is 4.41. The van der Waals surface area contributed by atoms with Crippen LogP contribution in [0.1, 0.15) is 35.3 Å². The number of aromatic amines is 1. The average molecular weight is 429 g/mol. The Morgan fingerprint density at radius 3 is 2.56 bits per heavy atom. The molecule has 4 rings (SSSR count). The minimum atomic E-state index is -0.171. The van der Waals surface area contributed by atoms with Crippen molar-refractivity contribution in [2.45, 2.75) is 25.7 Å². The maximum absolute atomic E-state index is 13.0. The molecule has 6 heteroatoms. The van der Waals surface area contributed by atoms with Crippen LogP contribution >= 0.6 is 0 Å². The number of benzene rings is 2. The second-order valence-corrected chi connectivity index (χ2v) is 8.15. The fourth-order valence-corrected chi connectivity index (χ4v) is 3.98. The van der Waals surface area contributed by atoms with Gasteiger partial charge in [0.15, 0.2) is 0 Å². The molecule has 0 saturated carbocycles. The van der Waals surface area contributed by atoms with E-state index in [0.717, 1.165) is 53.5 Å². The molecule has 0 atom stereocenters. The number of aromatic nitrogens is 3. The lowest BCUT2D eigenvalue weighted by atomic mass is 10.1. The van der Waals surface area contributed by atoms with Crippen molar-refractivity contribution in [1.82, 2.24) is 19.7 Å². The Morgan fingerprint density at radius 2 is 1.75 bits per heavy atom. The van der Waals surface area contributed by atoms with E-state index in [2.05, 4.69) is 28.4 Å². The molecule has 2 heterocycles. The number of nitrogens with zero attached hydrogens (tertiary/aromatic N) is 3. The number of amides is 1. The number of nitrogens with one attached hydrogen (secondary N) is 1. The molecule has 0 aliphatic heterocycles. The Balaban J connectivity index is 1.30. The van der Waals surface area contributed by atoms with Crippen LogP contribution in [-0.2, 0) is 13.5 Å². The molecule has 1 N–H and O–H groups in total. The van der Waals surface area contributed by atoms with Crippen molar-refractivity contribution in [1.29, 1.82) is 0 Å². The number of aryl methyl sites for hydroxylation is 2. The zero-order valence-electron chi connectivity index (χ0n) is 18.5. The maximum Gasteiger partial charge on any atom is 0.254 e. The lowest BCUT2D eigenvalue weighted by Crippen LogP contribution is -2.30. The van der Waals surface area contributed by atoms with Crippen molar-refractivity contribution in [3.05, 3.63) is 88.3 Å². The number of hydrogen-bond acceptors (Lipinski definition) is 3. The van der Waals surface area contributed by atoms with Crippen LogP contribution in [0.15, 0.2) is 71.5 Å². The van der Waals surface area contributed by atoms with E-state index in [4.69, 9.17) is 0 Å². The molecule has 6 nitrogen and oxygen atoms in total. The summed E-state index contributed by atoms with van der Waals surface area (Å²) in [6, 6.07) is 21.2. The third-order valence-electron chi connectivity index (χ3n) is 5.87. The second kappa shape index (κ2) is 9.64. The molecule has 32 heavy (non-hydrogen) atoms. The number of unbranched alkanes of at least 4 members (excludes halogenated alkanes) is 2. The molecule has 164 valence electrons. The van der Waals surface area contributed by atoms with Crippen LogP contribution in [-0.4, -0.2) is 39.2 Å². The van der Waals surface area contributed by atoms with Crippen LogP contribution in [0.25, 0.3) is 22.2 Å². The highest BCUT2D eigenvalue weighted by Gasteiger charge is 2.17. The highest BCUT2D eigenvalue weighted by Crippen LogP contribution is 2.19. The molecule has 1 amide bonds. The van der Waals surface area contributed by atoms with Gasteiger partial charge in [-0.25, -0.2) is 0 Å². The lowest BCUT2D eigenvalue weighted by Gasteiger charge is -2.18. The van der Waals surface area contributed by atoms with Crippen molar-refractivity contribution in [2.24, 2.45) is 7.05 Å². The van der Waals surface area contributed by atoms with Crippen molar-refractivity contribution < 1.29 is 4.79 Å². The fraction of sp³-hybridized carbons (Fsp3) is 0.269. The van der Waals surface area contributed by atoms with Gasteiger partial charge in [0.05, 0.1) is 16.8 Å². The van der Waals surface area contributed by atoms with Crippen LogP contribution in [0.3, 0.4) is 0 Å². The normalized spacial score (nSPS) is 11.1. The Morgan fingerprint density at radius 1 is 1.00 bits per heavy atom. The van der Waals surface area contributed by atoms with Crippen molar-refractivity contribution >= 4 is 16.8 Å². The molecule has 4 aromatic rings. The molecule has 0 fully saturated rings. The minimum absolute atomic E-state index is 0.111. The van der Waals surface area contributed by atoms with Crippen molar-refractivity contribution in [2.75, 3.05) is 13.6 Å². The van der Waals surface area contributed by atoms with Gasteiger partial charge in [-0.1, -0.05) is 55.0 Å². The molecule has 2 aromatic carbocycles. The zero-order valence-corrected chi connectivity index (χ0v) is 18.5. The first-order valence-corrected chi connectivity index (χ1v) is 11.0. The predicted molar refractivity (Wildman–Crippen MR) is 128 cm³/mol.